The molecule has 0 aliphatic carbocycles. The van der Waals surface area contributed by atoms with E-state index in [2.05, 4.69) is 192 Å². The molecule has 0 unspecified atom stereocenters. The Labute approximate surface area is 314 Å². The normalized spacial score (nSPS) is 12.7. The fraction of sp³-hybridized carbons (Fsp3) is 0.0889. The van der Waals surface area contributed by atoms with Crippen molar-refractivity contribution < 1.29 is 21.1 Å². The van der Waals surface area contributed by atoms with Crippen molar-refractivity contribution in [2.45, 2.75) is 20.0 Å². The predicted octanol–water partition coefficient (Wildman–Crippen LogP) is 9.82. The molecule has 0 N–H and O–H groups in total. The van der Waals surface area contributed by atoms with Crippen LogP contribution in [0.3, 0.4) is 0 Å². The van der Waals surface area contributed by atoms with Crippen LogP contribution in [0.2, 0.25) is 13.1 Å². The van der Waals surface area contributed by atoms with Crippen LogP contribution in [-0.2, 0) is 21.1 Å². The Kier molecular flexibility index (Phi) is 8.50. The van der Waals surface area contributed by atoms with E-state index >= 15 is 0 Å². The van der Waals surface area contributed by atoms with E-state index in [1.807, 2.05) is 6.20 Å². The van der Waals surface area contributed by atoms with E-state index < -0.39 is 8.07 Å². The molecule has 6 heteroatoms. The Bertz CT molecular complexity index is 2540. The molecule has 0 saturated carbocycles. The number of hydrogen-bond acceptors (Lipinski definition) is 3. The number of nitrogens with zero attached hydrogens (tertiary/aromatic N) is 4. The summed E-state index contributed by atoms with van der Waals surface area (Å²) in [6.07, 6.45) is 1.91. The zero-order valence-electron chi connectivity index (χ0n) is 28.7. The Morgan fingerprint density at radius 2 is 1.27 bits per heavy atom. The smallest absolute Gasteiger partial charge is 0.345 e. The number of pyridine rings is 1. The van der Waals surface area contributed by atoms with Crippen molar-refractivity contribution in [2.75, 3.05) is 16.5 Å². The third-order valence-corrected chi connectivity index (χ3v) is 13.5. The fourth-order valence-corrected chi connectivity index (χ4v) is 9.64. The second-order valence-corrected chi connectivity index (χ2v) is 17.9. The number of aryl methyl sites for hydroxylation is 1. The first-order chi connectivity index (χ1) is 24.5. The number of rotatable bonds is 6. The second-order valence-electron chi connectivity index (χ2n) is 13.6. The standard InChI is InChI=1S/C45H36N4Si.Pt/c1-32-14-7-9-20-40(32)48-31-47(42-22-11-12-23-43(42)48)35-17-13-18-36(29-35)50(2,3)37-24-25-39-38-19-8-10-21-41(38)49(44(39)30-37)45-28-34(26-27-46-45)33-15-5-4-6-16-33;/h4-28H,31H2,1-3H3;/q-2;+2. The fourth-order valence-electron chi connectivity index (χ4n) is 7.46. The van der Waals surface area contributed by atoms with Crippen molar-refractivity contribution in [3.8, 4) is 16.9 Å². The van der Waals surface area contributed by atoms with E-state index in [9.17, 15) is 0 Å². The van der Waals surface area contributed by atoms with Gasteiger partial charge in [0.05, 0.1) is 26.1 Å². The molecule has 0 radical (unpaired) electrons. The molecule has 0 amide bonds. The van der Waals surface area contributed by atoms with Crippen molar-refractivity contribution in [3.63, 3.8) is 0 Å². The summed E-state index contributed by atoms with van der Waals surface area (Å²) < 4.78 is 2.28. The van der Waals surface area contributed by atoms with Gasteiger partial charge in [0.2, 0.25) is 0 Å². The molecule has 2 aromatic heterocycles. The number of benzene rings is 6. The van der Waals surface area contributed by atoms with E-state index in [0.717, 1.165) is 34.8 Å². The van der Waals surface area contributed by atoms with Gasteiger partial charge in [-0.1, -0.05) is 103 Å². The van der Waals surface area contributed by atoms with Crippen molar-refractivity contribution in [1.82, 2.24) is 9.55 Å². The Morgan fingerprint density at radius 3 is 2.08 bits per heavy atom. The van der Waals surface area contributed by atoms with Gasteiger partial charge < -0.3 is 14.4 Å². The molecular weight excluding hydrogens is 820 g/mol. The van der Waals surface area contributed by atoms with E-state index in [-0.39, 0.29) is 21.1 Å². The van der Waals surface area contributed by atoms with Crippen molar-refractivity contribution in [2.24, 2.45) is 0 Å². The summed E-state index contributed by atoms with van der Waals surface area (Å²) >= 11 is 0. The summed E-state index contributed by atoms with van der Waals surface area (Å²) in [4.78, 5) is 9.71. The van der Waals surface area contributed by atoms with E-state index in [1.54, 1.807) is 0 Å². The van der Waals surface area contributed by atoms with Gasteiger partial charge in [-0.15, -0.1) is 11.5 Å². The largest absolute Gasteiger partial charge is 2.00 e. The molecule has 250 valence electrons. The molecule has 9 rings (SSSR count). The van der Waals surface area contributed by atoms with Crippen LogP contribution >= 0.6 is 0 Å². The Hall–Kier alpha value is -5.22. The minimum Gasteiger partial charge on any atom is -0.345 e. The van der Waals surface area contributed by atoms with Crippen LogP contribution < -0.4 is 20.2 Å². The average Bonchev–Trinajstić information content (AvgIpc) is 3.72. The average molecular weight is 856 g/mol. The molecule has 8 aromatic rings. The molecule has 0 atom stereocenters. The molecule has 6 aromatic carbocycles. The molecule has 51 heavy (non-hydrogen) atoms. The third-order valence-electron chi connectivity index (χ3n) is 10.2. The van der Waals surface area contributed by atoms with Crippen LogP contribution in [0.5, 0.6) is 0 Å². The van der Waals surface area contributed by atoms with Crippen molar-refractivity contribution in [3.05, 3.63) is 169 Å². The first kappa shape index (κ1) is 32.9. The first-order valence-electron chi connectivity index (χ1n) is 17.2. The summed E-state index contributed by atoms with van der Waals surface area (Å²) in [5, 5.41) is 4.88. The number of para-hydroxylation sites is 4. The zero-order valence-corrected chi connectivity index (χ0v) is 32.0. The van der Waals surface area contributed by atoms with Gasteiger partial charge in [-0.25, -0.2) is 4.98 Å². The molecule has 0 bridgehead atoms. The van der Waals surface area contributed by atoms with Crippen LogP contribution in [0.1, 0.15) is 5.56 Å². The van der Waals surface area contributed by atoms with Gasteiger partial charge >= 0.3 is 21.1 Å². The Morgan fingerprint density at radius 1 is 0.588 bits per heavy atom. The van der Waals surface area contributed by atoms with Crippen LogP contribution in [0.25, 0.3) is 38.8 Å². The first-order valence-corrected chi connectivity index (χ1v) is 20.2. The summed E-state index contributed by atoms with van der Waals surface area (Å²) in [5.74, 6) is 0.893. The molecule has 0 fully saturated rings. The van der Waals surface area contributed by atoms with E-state index in [4.69, 9.17) is 4.98 Å². The molecular formula is C45H36N4PtSi. The molecule has 1 aliphatic heterocycles. The molecule has 3 heterocycles. The third kappa shape index (κ3) is 5.62. The van der Waals surface area contributed by atoms with Gasteiger partial charge in [0.15, 0.2) is 0 Å². The van der Waals surface area contributed by atoms with Crippen molar-refractivity contribution in [1.29, 1.82) is 0 Å². The van der Waals surface area contributed by atoms with E-state index in [0.29, 0.717) is 0 Å². The van der Waals surface area contributed by atoms with Crippen LogP contribution in [0, 0.1) is 19.1 Å². The monoisotopic (exact) mass is 855 g/mol. The summed E-state index contributed by atoms with van der Waals surface area (Å²) in [6.45, 7) is 7.75. The molecule has 0 saturated heterocycles. The maximum atomic E-state index is 4.90. The molecule has 4 nitrogen and oxygen atoms in total. The molecule has 1 aliphatic rings. The minimum absolute atomic E-state index is 0. The van der Waals surface area contributed by atoms with E-state index in [1.165, 1.54) is 49.3 Å². The van der Waals surface area contributed by atoms with Gasteiger partial charge in [-0.05, 0) is 65.4 Å². The summed E-state index contributed by atoms with van der Waals surface area (Å²) in [7, 11) is -2.26. The summed E-state index contributed by atoms with van der Waals surface area (Å²) in [6, 6.07) is 59.8. The quantitative estimate of drug-likeness (QED) is 0.123. The topological polar surface area (TPSA) is 24.3 Å². The van der Waals surface area contributed by atoms with Crippen LogP contribution in [0.4, 0.5) is 22.7 Å². The Balaban J connectivity index is 0.00000374. The van der Waals surface area contributed by atoms with Gasteiger partial charge in [0, 0.05) is 17.4 Å². The van der Waals surface area contributed by atoms with Crippen LogP contribution in [-0.4, -0.2) is 24.3 Å². The van der Waals surface area contributed by atoms with Gasteiger partial charge in [-0.2, -0.15) is 46.8 Å². The summed E-state index contributed by atoms with van der Waals surface area (Å²) in [5.41, 5.74) is 10.5. The maximum Gasteiger partial charge on any atom is 2.00 e. The second kappa shape index (κ2) is 13.2. The maximum absolute atomic E-state index is 4.90. The number of hydrogen-bond donors (Lipinski definition) is 0. The van der Waals surface area contributed by atoms with Crippen LogP contribution in [0.15, 0.2) is 152 Å². The molecule has 0 spiro atoms. The van der Waals surface area contributed by atoms with Gasteiger partial charge in [0.1, 0.15) is 5.82 Å². The van der Waals surface area contributed by atoms with Gasteiger partial charge in [-0.3, -0.25) is 0 Å². The predicted molar refractivity (Wildman–Crippen MR) is 212 cm³/mol. The van der Waals surface area contributed by atoms with Gasteiger partial charge in [0.25, 0.3) is 0 Å². The number of anilines is 4. The van der Waals surface area contributed by atoms with Crippen molar-refractivity contribution >= 4 is 63.0 Å². The zero-order chi connectivity index (χ0) is 33.8. The number of aromatic nitrogens is 2. The SMILES string of the molecule is Cc1ccccc1N1CN(c2[c-]c([Si](C)(C)c3[c-]c4c(cc3)c3ccccc3n4-c3cc(-c4ccccc4)ccn3)ccc2)c2ccccc21.[Pt+2]. The number of fused-ring (bicyclic) bond motifs is 4. The minimum atomic E-state index is -2.26.